The van der Waals surface area contributed by atoms with Gasteiger partial charge in [0, 0.05) is 5.69 Å². The molecule has 0 bridgehead atoms. The van der Waals surface area contributed by atoms with Gasteiger partial charge in [0.15, 0.2) is 0 Å². The van der Waals surface area contributed by atoms with Crippen LogP contribution in [0.1, 0.15) is 35.6 Å². The normalized spacial score (nSPS) is 10.2. The van der Waals surface area contributed by atoms with E-state index in [9.17, 15) is 4.79 Å². The van der Waals surface area contributed by atoms with Crippen molar-refractivity contribution in [2.75, 3.05) is 0 Å². The third-order valence-corrected chi connectivity index (χ3v) is 1.82. The lowest BCUT2D eigenvalue weighted by molar-refractivity contribution is 0.0694. The van der Waals surface area contributed by atoms with Crippen LogP contribution in [0, 0.1) is 0 Å². The minimum absolute atomic E-state index is 0.347. The van der Waals surface area contributed by atoms with Gasteiger partial charge in [0.2, 0.25) is 0 Å². The van der Waals surface area contributed by atoms with Crippen molar-refractivity contribution in [3.63, 3.8) is 0 Å². The number of nitrogens with zero attached hydrogens (tertiary/aromatic N) is 1. The average molecular weight is 168 g/mol. The Labute approximate surface area is 70.6 Å². The fraction of sp³-hybridized carbons (Fsp3) is 0.500. The second-order valence-electron chi connectivity index (χ2n) is 2.54. The standard InChI is InChI=1S/C8H12N2O2/c1-3-5-7(8(11)12)6(4-2)10-9-5/h3-4H2,1-2H3,(H,9,10)(H,11,12). The van der Waals surface area contributed by atoms with Crippen LogP contribution in [0.15, 0.2) is 0 Å². The van der Waals surface area contributed by atoms with Gasteiger partial charge in [-0.1, -0.05) is 13.8 Å². The molecule has 0 aliphatic rings. The van der Waals surface area contributed by atoms with E-state index in [1.54, 1.807) is 0 Å². The van der Waals surface area contributed by atoms with Crippen LogP contribution in [0.3, 0.4) is 0 Å². The molecular weight excluding hydrogens is 156 g/mol. The Morgan fingerprint density at radius 2 is 2.17 bits per heavy atom. The minimum atomic E-state index is -0.891. The fourth-order valence-electron chi connectivity index (χ4n) is 1.19. The molecule has 1 aromatic heterocycles. The third kappa shape index (κ3) is 1.32. The van der Waals surface area contributed by atoms with E-state index in [-0.39, 0.29) is 0 Å². The maximum atomic E-state index is 10.8. The SMILES string of the molecule is CCc1n[nH]c(CC)c1C(=O)O. The maximum Gasteiger partial charge on any atom is 0.339 e. The molecule has 0 saturated heterocycles. The van der Waals surface area contributed by atoms with Crippen LogP contribution >= 0.6 is 0 Å². The molecule has 0 aliphatic carbocycles. The molecular formula is C8H12N2O2. The second-order valence-corrected chi connectivity index (χ2v) is 2.54. The van der Waals surface area contributed by atoms with Crippen molar-refractivity contribution in [1.29, 1.82) is 0 Å². The van der Waals surface area contributed by atoms with Gasteiger partial charge in [-0.05, 0) is 12.8 Å². The monoisotopic (exact) mass is 168 g/mol. The van der Waals surface area contributed by atoms with Gasteiger partial charge >= 0.3 is 5.97 Å². The Kier molecular flexibility index (Phi) is 2.47. The first-order valence-electron chi connectivity index (χ1n) is 4.00. The molecule has 0 aromatic carbocycles. The molecule has 0 unspecified atom stereocenters. The van der Waals surface area contributed by atoms with Gasteiger partial charge in [0.25, 0.3) is 0 Å². The van der Waals surface area contributed by atoms with Crippen molar-refractivity contribution < 1.29 is 9.90 Å². The number of aromatic carboxylic acids is 1. The molecule has 0 saturated carbocycles. The molecule has 0 spiro atoms. The fourth-order valence-corrected chi connectivity index (χ4v) is 1.19. The summed E-state index contributed by atoms with van der Waals surface area (Å²) in [5, 5.41) is 15.5. The molecule has 0 fully saturated rings. The molecule has 66 valence electrons. The van der Waals surface area contributed by atoms with Gasteiger partial charge in [0.05, 0.1) is 5.69 Å². The topological polar surface area (TPSA) is 66.0 Å². The van der Waals surface area contributed by atoms with Crippen molar-refractivity contribution in [3.8, 4) is 0 Å². The quantitative estimate of drug-likeness (QED) is 0.713. The molecule has 1 heterocycles. The van der Waals surface area contributed by atoms with Crippen molar-refractivity contribution in [2.45, 2.75) is 26.7 Å². The Morgan fingerprint density at radius 3 is 2.58 bits per heavy atom. The van der Waals surface area contributed by atoms with Crippen LogP contribution in [0.4, 0.5) is 0 Å². The minimum Gasteiger partial charge on any atom is -0.478 e. The summed E-state index contributed by atoms with van der Waals surface area (Å²) in [6.07, 6.45) is 1.33. The van der Waals surface area contributed by atoms with E-state index >= 15 is 0 Å². The molecule has 0 aliphatic heterocycles. The summed E-state index contributed by atoms with van der Waals surface area (Å²) in [6.45, 7) is 3.79. The Hall–Kier alpha value is -1.32. The number of rotatable bonds is 3. The van der Waals surface area contributed by atoms with E-state index in [2.05, 4.69) is 10.2 Å². The van der Waals surface area contributed by atoms with Crippen LogP contribution in [-0.2, 0) is 12.8 Å². The van der Waals surface area contributed by atoms with Gasteiger partial charge in [-0.25, -0.2) is 4.79 Å². The number of carbonyl (C=O) groups is 1. The van der Waals surface area contributed by atoms with Crippen LogP contribution < -0.4 is 0 Å². The number of hydrogen-bond donors (Lipinski definition) is 2. The summed E-state index contributed by atoms with van der Waals surface area (Å²) < 4.78 is 0. The number of hydrogen-bond acceptors (Lipinski definition) is 2. The first kappa shape index (κ1) is 8.77. The lowest BCUT2D eigenvalue weighted by atomic mass is 10.1. The van der Waals surface area contributed by atoms with Crippen molar-refractivity contribution in [2.24, 2.45) is 0 Å². The predicted molar refractivity (Wildman–Crippen MR) is 44.3 cm³/mol. The van der Waals surface area contributed by atoms with Gasteiger partial charge in [-0.3, -0.25) is 5.10 Å². The van der Waals surface area contributed by atoms with Crippen molar-refractivity contribution >= 4 is 5.97 Å². The predicted octanol–water partition coefficient (Wildman–Crippen LogP) is 1.23. The summed E-state index contributed by atoms with van der Waals surface area (Å²) in [6, 6.07) is 0. The van der Waals surface area contributed by atoms with Crippen LogP contribution in [-0.4, -0.2) is 21.3 Å². The number of nitrogens with one attached hydrogen (secondary N) is 1. The lowest BCUT2D eigenvalue weighted by Gasteiger charge is -1.95. The largest absolute Gasteiger partial charge is 0.478 e. The van der Waals surface area contributed by atoms with Gasteiger partial charge in [-0.2, -0.15) is 5.10 Å². The highest BCUT2D eigenvalue weighted by Gasteiger charge is 2.16. The van der Waals surface area contributed by atoms with E-state index in [1.807, 2.05) is 13.8 Å². The number of aromatic amines is 1. The number of H-pyrrole nitrogens is 1. The number of aromatic nitrogens is 2. The molecule has 0 amide bonds. The highest BCUT2D eigenvalue weighted by atomic mass is 16.4. The Bertz CT molecular complexity index is 270. The third-order valence-electron chi connectivity index (χ3n) is 1.82. The van der Waals surface area contributed by atoms with Crippen molar-refractivity contribution in [3.05, 3.63) is 17.0 Å². The first-order valence-corrected chi connectivity index (χ1v) is 4.00. The molecule has 0 radical (unpaired) electrons. The molecule has 4 heteroatoms. The van der Waals surface area contributed by atoms with Gasteiger partial charge < -0.3 is 5.11 Å². The molecule has 0 atom stereocenters. The molecule has 1 aromatic rings. The number of carboxylic acids is 1. The summed E-state index contributed by atoms with van der Waals surface area (Å²) in [4.78, 5) is 10.8. The first-order chi connectivity index (χ1) is 5.70. The van der Waals surface area contributed by atoms with Crippen LogP contribution in [0.25, 0.3) is 0 Å². The summed E-state index contributed by atoms with van der Waals surface area (Å²) >= 11 is 0. The number of carboxylic acid groups (broad SMARTS) is 1. The second kappa shape index (κ2) is 3.38. The molecule has 12 heavy (non-hydrogen) atoms. The van der Waals surface area contributed by atoms with E-state index < -0.39 is 5.97 Å². The summed E-state index contributed by atoms with van der Waals surface area (Å²) in [7, 11) is 0. The number of aryl methyl sites for hydroxylation is 2. The van der Waals surface area contributed by atoms with E-state index in [0.29, 0.717) is 29.8 Å². The highest BCUT2D eigenvalue weighted by Crippen LogP contribution is 2.12. The average Bonchev–Trinajstić information content (AvgIpc) is 2.46. The molecule has 1 rings (SSSR count). The van der Waals surface area contributed by atoms with Crippen molar-refractivity contribution in [1.82, 2.24) is 10.2 Å². The Balaban J connectivity index is 3.16. The molecule has 2 N–H and O–H groups in total. The van der Waals surface area contributed by atoms with E-state index in [4.69, 9.17) is 5.11 Å². The zero-order chi connectivity index (χ0) is 9.14. The van der Waals surface area contributed by atoms with E-state index in [0.717, 1.165) is 0 Å². The smallest absolute Gasteiger partial charge is 0.339 e. The molecule has 4 nitrogen and oxygen atoms in total. The highest BCUT2D eigenvalue weighted by molar-refractivity contribution is 5.90. The zero-order valence-corrected chi connectivity index (χ0v) is 7.22. The van der Waals surface area contributed by atoms with Gasteiger partial charge in [0.1, 0.15) is 5.56 Å². The summed E-state index contributed by atoms with van der Waals surface area (Å²) in [5.41, 5.74) is 1.69. The van der Waals surface area contributed by atoms with Gasteiger partial charge in [-0.15, -0.1) is 0 Å². The van der Waals surface area contributed by atoms with E-state index in [1.165, 1.54) is 0 Å². The summed E-state index contributed by atoms with van der Waals surface area (Å²) in [5.74, 6) is -0.891. The lowest BCUT2D eigenvalue weighted by Crippen LogP contribution is -2.02. The maximum absolute atomic E-state index is 10.8. The van der Waals surface area contributed by atoms with Crippen LogP contribution in [0.2, 0.25) is 0 Å². The zero-order valence-electron chi connectivity index (χ0n) is 7.22. The Morgan fingerprint density at radius 1 is 1.50 bits per heavy atom. The van der Waals surface area contributed by atoms with Crippen LogP contribution in [0.5, 0.6) is 0 Å².